The fourth-order valence-corrected chi connectivity index (χ4v) is 4.01. The van der Waals surface area contributed by atoms with Gasteiger partial charge in [-0.15, -0.1) is 0 Å². The van der Waals surface area contributed by atoms with E-state index in [1.165, 1.54) is 4.90 Å². The number of rotatable bonds is 6. The SMILES string of the molecule is CCOC(=O)[C@H]1C(=O)N(CCOC)c2nc3ccccc3n2[C@@H]1c1ccc(C)cc1. The number of carbonyl (C=O) groups excluding carboxylic acids is 2. The van der Waals surface area contributed by atoms with Crippen LogP contribution in [0.25, 0.3) is 11.0 Å². The molecule has 1 aliphatic heterocycles. The molecule has 2 heterocycles. The van der Waals surface area contributed by atoms with Crippen molar-refractivity contribution >= 4 is 28.9 Å². The zero-order chi connectivity index (χ0) is 21.3. The molecule has 0 saturated heterocycles. The molecule has 0 N–H and O–H groups in total. The molecule has 30 heavy (non-hydrogen) atoms. The number of ether oxygens (including phenoxy) is 2. The van der Waals surface area contributed by atoms with Crippen molar-refractivity contribution in [2.24, 2.45) is 5.92 Å². The van der Waals surface area contributed by atoms with Crippen LogP contribution in [0.1, 0.15) is 24.1 Å². The van der Waals surface area contributed by atoms with Gasteiger partial charge in [0.2, 0.25) is 11.9 Å². The molecule has 0 aliphatic carbocycles. The number of aromatic nitrogens is 2. The summed E-state index contributed by atoms with van der Waals surface area (Å²) >= 11 is 0. The molecular weight excluding hydrogens is 382 g/mol. The van der Waals surface area contributed by atoms with Crippen molar-refractivity contribution in [1.82, 2.24) is 9.55 Å². The van der Waals surface area contributed by atoms with Crippen LogP contribution in [0.2, 0.25) is 0 Å². The van der Waals surface area contributed by atoms with Crippen LogP contribution >= 0.6 is 0 Å². The summed E-state index contributed by atoms with van der Waals surface area (Å²) in [6, 6.07) is 15.1. The highest BCUT2D eigenvalue weighted by Crippen LogP contribution is 2.41. The third-order valence-corrected chi connectivity index (χ3v) is 5.42. The smallest absolute Gasteiger partial charge is 0.321 e. The fraction of sp³-hybridized carbons (Fsp3) is 0.348. The summed E-state index contributed by atoms with van der Waals surface area (Å²) in [4.78, 5) is 32.8. The van der Waals surface area contributed by atoms with E-state index in [2.05, 4.69) is 0 Å². The van der Waals surface area contributed by atoms with Crippen molar-refractivity contribution in [3.05, 3.63) is 59.7 Å². The lowest BCUT2D eigenvalue weighted by Crippen LogP contribution is -2.51. The maximum absolute atomic E-state index is 13.6. The molecule has 1 amide bonds. The Kier molecular flexibility index (Phi) is 5.55. The minimum absolute atomic E-state index is 0.207. The van der Waals surface area contributed by atoms with Gasteiger partial charge in [-0.1, -0.05) is 42.0 Å². The number of hydrogen-bond acceptors (Lipinski definition) is 5. The Morgan fingerprint density at radius 2 is 1.87 bits per heavy atom. The van der Waals surface area contributed by atoms with E-state index in [1.54, 1.807) is 14.0 Å². The van der Waals surface area contributed by atoms with Crippen LogP contribution in [0.4, 0.5) is 5.95 Å². The van der Waals surface area contributed by atoms with E-state index in [1.807, 2.05) is 60.0 Å². The largest absolute Gasteiger partial charge is 0.465 e. The molecule has 0 bridgehead atoms. The predicted molar refractivity (Wildman–Crippen MR) is 113 cm³/mol. The molecule has 1 aliphatic rings. The van der Waals surface area contributed by atoms with Gasteiger partial charge in [0.15, 0.2) is 5.92 Å². The number of anilines is 1. The molecule has 156 valence electrons. The lowest BCUT2D eigenvalue weighted by atomic mass is 9.89. The Morgan fingerprint density at radius 3 is 2.57 bits per heavy atom. The number of hydrogen-bond donors (Lipinski definition) is 0. The van der Waals surface area contributed by atoms with E-state index in [9.17, 15) is 9.59 Å². The number of imidazole rings is 1. The van der Waals surface area contributed by atoms with Crippen molar-refractivity contribution in [2.45, 2.75) is 19.9 Å². The van der Waals surface area contributed by atoms with Crippen molar-refractivity contribution < 1.29 is 19.1 Å². The number of para-hydroxylation sites is 2. The molecule has 0 saturated carbocycles. The lowest BCUT2D eigenvalue weighted by molar-refractivity contribution is -0.153. The highest BCUT2D eigenvalue weighted by molar-refractivity contribution is 6.08. The van der Waals surface area contributed by atoms with Crippen LogP contribution in [0.3, 0.4) is 0 Å². The third-order valence-electron chi connectivity index (χ3n) is 5.42. The Balaban J connectivity index is 1.97. The van der Waals surface area contributed by atoms with E-state index in [-0.39, 0.29) is 12.5 Å². The summed E-state index contributed by atoms with van der Waals surface area (Å²) in [5.41, 5.74) is 3.60. The number of benzene rings is 2. The average molecular weight is 407 g/mol. The van der Waals surface area contributed by atoms with E-state index in [0.29, 0.717) is 19.1 Å². The van der Waals surface area contributed by atoms with E-state index in [4.69, 9.17) is 14.5 Å². The molecule has 0 radical (unpaired) electrons. The van der Waals surface area contributed by atoms with Gasteiger partial charge < -0.3 is 14.0 Å². The van der Waals surface area contributed by atoms with Gasteiger partial charge in [0.1, 0.15) is 0 Å². The zero-order valence-corrected chi connectivity index (χ0v) is 17.4. The minimum Gasteiger partial charge on any atom is -0.465 e. The topological polar surface area (TPSA) is 73.7 Å². The van der Waals surface area contributed by atoms with Crippen LogP contribution in [-0.4, -0.2) is 48.3 Å². The van der Waals surface area contributed by atoms with Crippen LogP contribution in [0, 0.1) is 12.8 Å². The van der Waals surface area contributed by atoms with Crippen molar-refractivity contribution in [3.8, 4) is 0 Å². The Morgan fingerprint density at radius 1 is 1.13 bits per heavy atom. The van der Waals surface area contributed by atoms with Gasteiger partial charge in [-0.2, -0.15) is 0 Å². The molecule has 2 atom stereocenters. The first-order chi connectivity index (χ1) is 14.6. The molecule has 1 aromatic heterocycles. The quantitative estimate of drug-likeness (QED) is 0.464. The Labute approximate surface area is 175 Å². The first-order valence-electron chi connectivity index (χ1n) is 10.1. The van der Waals surface area contributed by atoms with E-state index in [0.717, 1.165) is 22.2 Å². The van der Waals surface area contributed by atoms with Crippen molar-refractivity contribution in [2.75, 3.05) is 31.8 Å². The summed E-state index contributed by atoms with van der Waals surface area (Å²) in [5.74, 6) is -1.34. The number of methoxy groups -OCH3 is 1. The van der Waals surface area contributed by atoms with Crippen LogP contribution in [0.15, 0.2) is 48.5 Å². The minimum atomic E-state index is -1.00. The lowest BCUT2D eigenvalue weighted by Gasteiger charge is -2.37. The Hall–Kier alpha value is -3.19. The number of fused-ring (bicyclic) bond motifs is 3. The fourth-order valence-electron chi connectivity index (χ4n) is 4.01. The maximum Gasteiger partial charge on any atom is 0.321 e. The Bertz CT molecular complexity index is 1070. The number of aryl methyl sites for hydroxylation is 1. The highest BCUT2D eigenvalue weighted by atomic mass is 16.5. The van der Waals surface area contributed by atoms with Gasteiger partial charge in [-0.3, -0.25) is 14.5 Å². The highest BCUT2D eigenvalue weighted by Gasteiger charge is 2.47. The molecule has 0 unspecified atom stereocenters. The molecule has 2 aromatic carbocycles. The van der Waals surface area contributed by atoms with Crippen LogP contribution < -0.4 is 4.90 Å². The maximum atomic E-state index is 13.6. The van der Waals surface area contributed by atoms with Crippen molar-refractivity contribution in [1.29, 1.82) is 0 Å². The summed E-state index contributed by atoms with van der Waals surface area (Å²) < 4.78 is 12.5. The number of nitrogens with zero attached hydrogens (tertiary/aromatic N) is 3. The zero-order valence-electron chi connectivity index (χ0n) is 17.4. The van der Waals surface area contributed by atoms with E-state index >= 15 is 0 Å². The third kappa shape index (κ3) is 3.35. The molecule has 0 spiro atoms. The standard InChI is InChI=1S/C23H25N3O4/c1-4-30-22(28)19-20(16-11-9-15(2)10-12-16)26-18-8-6-5-7-17(18)24-23(26)25(21(19)27)13-14-29-3/h5-12,19-20H,4,13-14H2,1-3H3/t19-,20-/m1/s1. The average Bonchev–Trinajstić information content (AvgIpc) is 3.12. The second-order valence-electron chi connectivity index (χ2n) is 7.34. The molecule has 0 fully saturated rings. The summed E-state index contributed by atoms with van der Waals surface area (Å²) in [5, 5.41) is 0. The second kappa shape index (κ2) is 8.28. The van der Waals surface area contributed by atoms with E-state index < -0.39 is 17.9 Å². The molecular formula is C23H25N3O4. The van der Waals surface area contributed by atoms with Crippen molar-refractivity contribution in [3.63, 3.8) is 0 Å². The van der Waals surface area contributed by atoms with Gasteiger partial charge in [0.05, 0.1) is 36.8 Å². The first-order valence-corrected chi connectivity index (χ1v) is 10.1. The molecule has 3 aromatic rings. The molecule has 7 nitrogen and oxygen atoms in total. The van der Waals surface area contributed by atoms with Crippen LogP contribution in [-0.2, 0) is 19.1 Å². The van der Waals surface area contributed by atoms with Gasteiger partial charge in [0.25, 0.3) is 0 Å². The summed E-state index contributed by atoms with van der Waals surface area (Å²) in [6.45, 7) is 4.59. The predicted octanol–water partition coefficient (Wildman–Crippen LogP) is 3.11. The number of carbonyl (C=O) groups is 2. The number of amides is 1. The normalized spacial score (nSPS) is 18.5. The molecule has 4 rings (SSSR count). The van der Waals surface area contributed by atoms with Gasteiger partial charge in [-0.25, -0.2) is 4.98 Å². The summed E-state index contributed by atoms with van der Waals surface area (Å²) in [7, 11) is 1.58. The second-order valence-corrected chi connectivity index (χ2v) is 7.34. The van der Waals surface area contributed by atoms with Gasteiger partial charge >= 0.3 is 5.97 Å². The molecule has 7 heteroatoms. The monoisotopic (exact) mass is 407 g/mol. The first kappa shape index (κ1) is 20.1. The number of esters is 1. The van der Waals surface area contributed by atoms with Crippen LogP contribution in [0.5, 0.6) is 0 Å². The van der Waals surface area contributed by atoms with Gasteiger partial charge in [-0.05, 0) is 31.5 Å². The summed E-state index contributed by atoms with van der Waals surface area (Å²) in [6.07, 6.45) is 0. The van der Waals surface area contributed by atoms with Gasteiger partial charge in [0, 0.05) is 7.11 Å².